The van der Waals surface area contributed by atoms with E-state index in [9.17, 15) is 13.2 Å². The highest BCUT2D eigenvalue weighted by Crippen LogP contribution is 2.26. The van der Waals surface area contributed by atoms with E-state index in [-0.39, 0.29) is 36.6 Å². The zero-order chi connectivity index (χ0) is 13.3. The molecule has 0 aliphatic rings. The van der Waals surface area contributed by atoms with Crippen molar-refractivity contribution in [1.82, 2.24) is 0 Å². The number of hydrogen-bond acceptors (Lipinski definition) is 3. The first-order valence-corrected chi connectivity index (χ1v) is 5.03. The van der Waals surface area contributed by atoms with Crippen LogP contribution in [-0.2, 0) is 5.54 Å². The van der Waals surface area contributed by atoms with Crippen molar-refractivity contribution >= 4 is 24.8 Å². The lowest BCUT2D eigenvalue weighted by Crippen LogP contribution is -2.48. The summed E-state index contributed by atoms with van der Waals surface area (Å²) in [6.07, 6.45) is -4.69. The van der Waals surface area contributed by atoms with E-state index in [1.54, 1.807) is 13.8 Å². The number of nitrogens with two attached hydrogens (primary N) is 2. The molecule has 0 aliphatic carbocycles. The van der Waals surface area contributed by atoms with Crippen LogP contribution in [0.1, 0.15) is 19.4 Å². The van der Waals surface area contributed by atoms with Gasteiger partial charge in [-0.2, -0.15) is 0 Å². The third-order valence-electron chi connectivity index (χ3n) is 2.66. The van der Waals surface area contributed by atoms with Crippen molar-refractivity contribution in [2.24, 2.45) is 11.5 Å². The summed E-state index contributed by atoms with van der Waals surface area (Å²) in [6.45, 7) is 3.46. The first-order chi connectivity index (χ1) is 7.63. The molecule has 1 aromatic rings. The van der Waals surface area contributed by atoms with Gasteiger partial charge in [0.1, 0.15) is 5.75 Å². The van der Waals surface area contributed by atoms with Crippen LogP contribution in [0.15, 0.2) is 24.3 Å². The van der Waals surface area contributed by atoms with E-state index in [1.807, 2.05) is 0 Å². The Morgan fingerprint density at radius 2 is 1.53 bits per heavy atom. The molecular formula is C11H17Cl2F3N2O. The molecule has 0 saturated carbocycles. The average molecular weight is 321 g/mol. The Balaban J connectivity index is 0. The van der Waals surface area contributed by atoms with Gasteiger partial charge < -0.3 is 16.2 Å². The predicted molar refractivity (Wildman–Crippen MR) is 72.8 cm³/mol. The summed E-state index contributed by atoms with van der Waals surface area (Å²) in [4.78, 5) is 0. The molecule has 19 heavy (non-hydrogen) atoms. The quantitative estimate of drug-likeness (QED) is 0.900. The lowest BCUT2D eigenvalue weighted by molar-refractivity contribution is -0.274. The fourth-order valence-corrected chi connectivity index (χ4v) is 1.28. The molecule has 0 amide bonds. The Kier molecular flexibility index (Phi) is 7.80. The highest BCUT2D eigenvalue weighted by atomic mass is 35.5. The number of alkyl halides is 3. The Morgan fingerprint density at radius 3 is 1.84 bits per heavy atom. The topological polar surface area (TPSA) is 61.3 Å². The Bertz CT molecular complexity index is 381. The van der Waals surface area contributed by atoms with Gasteiger partial charge >= 0.3 is 6.36 Å². The molecule has 2 unspecified atom stereocenters. The third-order valence-corrected chi connectivity index (χ3v) is 2.66. The number of rotatable bonds is 3. The van der Waals surface area contributed by atoms with E-state index in [4.69, 9.17) is 11.5 Å². The van der Waals surface area contributed by atoms with Crippen LogP contribution in [0.5, 0.6) is 5.75 Å². The second kappa shape index (κ2) is 7.19. The van der Waals surface area contributed by atoms with E-state index in [0.717, 1.165) is 0 Å². The van der Waals surface area contributed by atoms with Crippen molar-refractivity contribution in [3.63, 3.8) is 0 Å². The minimum Gasteiger partial charge on any atom is -0.406 e. The maximum absolute atomic E-state index is 11.9. The standard InChI is InChI=1S/C11H15F3N2O.2ClH/c1-7(15)10(2,16)8-3-5-9(6-4-8)17-11(12,13)14;;/h3-7H,15-16H2,1-2H3;2*1H. The molecule has 112 valence electrons. The van der Waals surface area contributed by atoms with Crippen LogP contribution in [0.2, 0.25) is 0 Å². The van der Waals surface area contributed by atoms with Crippen molar-refractivity contribution in [2.75, 3.05) is 0 Å². The monoisotopic (exact) mass is 320 g/mol. The van der Waals surface area contributed by atoms with E-state index >= 15 is 0 Å². The molecule has 0 spiro atoms. The van der Waals surface area contributed by atoms with Crippen LogP contribution in [-0.4, -0.2) is 12.4 Å². The van der Waals surface area contributed by atoms with Gasteiger partial charge in [-0.1, -0.05) is 12.1 Å². The predicted octanol–water partition coefficient (Wildman–Crippen LogP) is 2.95. The number of ether oxygens (including phenoxy) is 1. The lowest BCUT2D eigenvalue weighted by atomic mass is 9.87. The summed E-state index contributed by atoms with van der Waals surface area (Å²) in [6, 6.07) is 5.07. The van der Waals surface area contributed by atoms with E-state index in [1.165, 1.54) is 24.3 Å². The maximum atomic E-state index is 11.9. The molecule has 0 fully saturated rings. The molecule has 2 atom stereocenters. The van der Waals surface area contributed by atoms with Crippen LogP contribution < -0.4 is 16.2 Å². The van der Waals surface area contributed by atoms with Gasteiger partial charge in [0.25, 0.3) is 0 Å². The summed E-state index contributed by atoms with van der Waals surface area (Å²) in [7, 11) is 0. The molecule has 4 N–H and O–H groups in total. The van der Waals surface area contributed by atoms with Crippen molar-refractivity contribution < 1.29 is 17.9 Å². The molecule has 0 aromatic heterocycles. The van der Waals surface area contributed by atoms with Gasteiger partial charge in [0.2, 0.25) is 0 Å². The molecular weight excluding hydrogens is 304 g/mol. The van der Waals surface area contributed by atoms with Gasteiger partial charge in [0.05, 0.1) is 5.54 Å². The maximum Gasteiger partial charge on any atom is 0.573 e. The SMILES string of the molecule is CC(N)C(C)(N)c1ccc(OC(F)(F)F)cc1.Cl.Cl. The van der Waals surface area contributed by atoms with Crippen LogP contribution in [0, 0.1) is 0 Å². The largest absolute Gasteiger partial charge is 0.573 e. The smallest absolute Gasteiger partial charge is 0.406 e. The average Bonchev–Trinajstić information content (AvgIpc) is 2.15. The first kappa shape index (κ1) is 20.6. The van der Waals surface area contributed by atoms with Gasteiger partial charge in [0.15, 0.2) is 0 Å². The van der Waals surface area contributed by atoms with E-state index < -0.39 is 11.9 Å². The number of benzene rings is 1. The van der Waals surface area contributed by atoms with Crippen molar-refractivity contribution in [3.05, 3.63) is 29.8 Å². The molecule has 1 rings (SSSR count). The minimum absolute atomic E-state index is 0. The number of halogens is 5. The summed E-state index contributed by atoms with van der Waals surface area (Å²) in [5, 5.41) is 0. The van der Waals surface area contributed by atoms with Crippen molar-refractivity contribution in [2.45, 2.75) is 31.8 Å². The number of hydrogen-bond donors (Lipinski definition) is 2. The molecule has 0 saturated heterocycles. The normalized spacial score (nSPS) is 15.5. The van der Waals surface area contributed by atoms with Crippen LogP contribution >= 0.6 is 24.8 Å². The molecule has 0 radical (unpaired) electrons. The van der Waals surface area contributed by atoms with Crippen LogP contribution in [0.25, 0.3) is 0 Å². The zero-order valence-electron chi connectivity index (χ0n) is 10.4. The highest BCUT2D eigenvalue weighted by Gasteiger charge is 2.31. The van der Waals surface area contributed by atoms with Gasteiger partial charge in [-0.25, -0.2) is 0 Å². The summed E-state index contributed by atoms with van der Waals surface area (Å²) < 4.78 is 39.6. The molecule has 0 heterocycles. The van der Waals surface area contributed by atoms with E-state index in [2.05, 4.69) is 4.74 Å². The molecule has 8 heteroatoms. The molecule has 0 bridgehead atoms. The van der Waals surface area contributed by atoms with Crippen molar-refractivity contribution in [3.8, 4) is 5.75 Å². The van der Waals surface area contributed by atoms with Gasteiger partial charge in [-0.3, -0.25) is 0 Å². The fraction of sp³-hybridized carbons (Fsp3) is 0.455. The molecule has 0 aliphatic heterocycles. The summed E-state index contributed by atoms with van der Waals surface area (Å²) >= 11 is 0. The van der Waals surface area contributed by atoms with E-state index in [0.29, 0.717) is 5.56 Å². The second-order valence-corrected chi connectivity index (χ2v) is 4.14. The van der Waals surface area contributed by atoms with Crippen LogP contribution in [0.3, 0.4) is 0 Å². The van der Waals surface area contributed by atoms with Gasteiger partial charge in [-0.15, -0.1) is 38.0 Å². The fourth-order valence-electron chi connectivity index (χ4n) is 1.28. The van der Waals surface area contributed by atoms with Gasteiger partial charge in [0, 0.05) is 6.04 Å². The second-order valence-electron chi connectivity index (χ2n) is 4.14. The highest BCUT2D eigenvalue weighted by molar-refractivity contribution is 5.85. The summed E-state index contributed by atoms with van der Waals surface area (Å²) in [5.41, 5.74) is 11.5. The zero-order valence-corrected chi connectivity index (χ0v) is 12.0. The van der Waals surface area contributed by atoms with Gasteiger partial charge in [-0.05, 0) is 31.5 Å². The Hall–Kier alpha value is -0.690. The Labute approximate surface area is 122 Å². The third kappa shape index (κ3) is 5.86. The van der Waals surface area contributed by atoms with Crippen LogP contribution in [0.4, 0.5) is 13.2 Å². The first-order valence-electron chi connectivity index (χ1n) is 5.03. The summed E-state index contributed by atoms with van der Waals surface area (Å²) in [5.74, 6) is -0.276. The lowest BCUT2D eigenvalue weighted by Gasteiger charge is -2.29. The Morgan fingerprint density at radius 1 is 1.11 bits per heavy atom. The molecule has 1 aromatic carbocycles. The minimum atomic E-state index is -4.69. The molecule has 3 nitrogen and oxygen atoms in total. The van der Waals surface area contributed by atoms with Crippen molar-refractivity contribution in [1.29, 1.82) is 0 Å².